The Morgan fingerprint density at radius 1 is 1.38 bits per heavy atom. The van der Waals surface area contributed by atoms with Gasteiger partial charge in [-0.25, -0.2) is 0 Å². The third-order valence-electron chi connectivity index (χ3n) is 2.32. The van der Waals surface area contributed by atoms with Gasteiger partial charge in [0.1, 0.15) is 0 Å². The molecular formula is C12H17N3S. The van der Waals surface area contributed by atoms with Crippen LogP contribution in [0, 0.1) is 0 Å². The first-order chi connectivity index (χ1) is 7.88. The number of aromatic nitrogens is 2. The molecule has 0 aliphatic carbocycles. The highest BCUT2D eigenvalue weighted by molar-refractivity contribution is 7.11. The molecule has 0 fully saturated rings. The zero-order valence-corrected chi connectivity index (χ0v) is 10.3. The highest BCUT2D eigenvalue weighted by Crippen LogP contribution is 2.17. The Morgan fingerprint density at radius 3 is 3.00 bits per heavy atom. The summed E-state index contributed by atoms with van der Waals surface area (Å²) in [6, 6.07) is 6.35. The first-order valence-corrected chi connectivity index (χ1v) is 6.46. The molecular weight excluding hydrogens is 218 g/mol. The monoisotopic (exact) mass is 235 g/mol. The topological polar surface area (TPSA) is 29.9 Å². The molecule has 0 unspecified atom stereocenters. The maximum atomic E-state index is 4.20. The lowest BCUT2D eigenvalue weighted by Crippen LogP contribution is -2.12. The number of thiophene rings is 1. The van der Waals surface area contributed by atoms with E-state index in [2.05, 4.69) is 29.5 Å². The third-order valence-corrected chi connectivity index (χ3v) is 3.39. The van der Waals surface area contributed by atoms with E-state index < -0.39 is 0 Å². The SMILES string of the molecule is CCCNCc1ccc(Cn2cccn2)s1. The van der Waals surface area contributed by atoms with Crippen LogP contribution in [0.25, 0.3) is 0 Å². The summed E-state index contributed by atoms with van der Waals surface area (Å²) in [6.45, 7) is 5.14. The van der Waals surface area contributed by atoms with Gasteiger partial charge >= 0.3 is 0 Å². The van der Waals surface area contributed by atoms with Crippen LogP contribution in [0.5, 0.6) is 0 Å². The molecule has 0 atom stereocenters. The molecule has 0 saturated heterocycles. The van der Waals surface area contributed by atoms with E-state index in [0.717, 1.165) is 19.6 Å². The van der Waals surface area contributed by atoms with Crippen molar-refractivity contribution in [1.29, 1.82) is 0 Å². The zero-order chi connectivity index (χ0) is 11.2. The van der Waals surface area contributed by atoms with Crippen molar-refractivity contribution < 1.29 is 0 Å². The summed E-state index contributed by atoms with van der Waals surface area (Å²) in [5.74, 6) is 0. The molecule has 0 aromatic carbocycles. The van der Waals surface area contributed by atoms with Crippen LogP contribution in [0.4, 0.5) is 0 Å². The van der Waals surface area contributed by atoms with Crippen molar-refractivity contribution in [1.82, 2.24) is 15.1 Å². The van der Waals surface area contributed by atoms with Gasteiger partial charge in [-0.15, -0.1) is 11.3 Å². The van der Waals surface area contributed by atoms with Crippen LogP contribution < -0.4 is 5.32 Å². The zero-order valence-electron chi connectivity index (χ0n) is 9.52. The molecule has 0 spiro atoms. The minimum Gasteiger partial charge on any atom is -0.312 e. The fourth-order valence-electron chi connectivity index (χ4n) is 1.54. The average Bonchev–Trinajstić information content (AvgIpc) is 2.91. The van der Waals surface area contributed by atoms with E-state index in [-0.39, 0.29) is 0 Å². The van der Waals surface area contributed by atoms with E-state index in [1.165, 1.54) is 16.2 Å². The minimum atomic E-state index is 0.880. The van der Waals surface area contributed by atoms with Crippen molar-refractivity contribution in [3.63, 3.8) is 0 Å². The number of nitrogens with zero attached hydrogens (tertiary/aromatic N) is 2. The van der Waals surface area contributed by atoms with Gasteiger partial charge in [-0.05, 0) is 31.2 Å². The number of hydrogen-bond acceptors (Lipinski definition) is 3. The van der Waals surface area contributed by atoms with Gasteiger partial charge in [0.15, 0.2) is 0 Å². The summed E-state index contributed by atoms with van der Waals surface area (Å²) in [5.41, 5.74) is 0. The van der Waals surface area contributed by atoms with Crippen LogP contribution in [0.15, 0.2) is 30.6 Å². The van der Waals surface area contributed by atoms with Gasteiger partial charge in [-0.2, -0.15) is 5.10 Å². The van der Waals surface area contributed by atoms with Crippen LogP contribution in [0.3, 0.4) is 0 Å². The van der Waals surface area contributed by atoms with Gasteiger partial charge in [0.25, 0.3) is 0 Å². The van der Waals surface area contributed by atoms with Crippen molar-refractivity contribution in [2.24, 2.45) is 0 Å². The first-order valence-electron chi connectivity index (χ1n) is 5.64. The van der Waals surface area contributed by atoms with E-state index in [9.17, 15) is 0 Å². The summed E-state index contributed by atoms with van der Waals surface area (Å²) in [4.78, 5) is 2.76. The van der Waals surface area contributed by atoms with E-state index in [1.807, 2.05) is 34.5 Å². The van der Waals surface area contributed by atoms with Crippen molar-refractivity contribution in [3.8, 4) is 0 Å². The lowest BCUT2D eigenvalue weighted by Gasteiger charge is -1.99. The second kappa shape index (κ2) is 5.82. The van der Waals surface area contributed by atoms with Crippen molar-refractivity contribution in [2.75, 3.05) is 6.54 Å². The summed E-state index contributed by atoms with van der Waals surface area (Å²) in [7, 11) is 0. The van der Waals surface area contributed by atoms with Crippen molar-refractivity contribution in [3.05, 3.63) is 40.3 Å². The third kappa shape index (κ3) is 3.18. The molecule has 2 heterocycles. The Hall–Kier alpha value is -1.13. The Labute approximate surface area is 100 Å². The molecule has 86 valence electrons. The fraction of sp³-hybridized carbons (Fsp3) is 0.417. The maximum Gasteiger partial charge on any atom is 0.0752 e. The van der Waals surface area contributed by atoms with Gasteiger partial charge in [-0.1, -0.05) is 6.92 Å². The Morgan fingerprint density at radius 2 is 2.25 bits per heavy atom. The van der Waals surface area contributed by atoms with Crippen LogP contribution in [0.1, 0.15) is 23.1 Å². The van der Waals surface area contributed by atoms with Gasteiger partial charge in [0, 0.05) is 28.7 Å². The van der Waals surface area contributed by atoms with Crippen LogP contribution in [-0.2, 0) is 13.1 Å². The maximum absolute atomic E-state index is 4.20. The van der Waals surface area contributed by atoms with E-state index >= 15 is 0 Å². The predicted octanol–water partition coefficient (Wildman–Crippen LogP) is 2.49. The lowest BCUT2D eigenvalue weighted by molar-refractivity contribution is 0.681. The van der Waals surface area contributed by atoms with E-state index in [1.54, 1.807) is 0 Å². The first kappa shape index (κ1) is 11.4. The highest BCUT2D eigenvalue weighted by Gasteiger charge is 2.00. The normalized spacial score (nSPS) is 10.8. The van der Waals surface area contributed by atoms with Gasteiger partial charge in [0.2, 0.25) is 0 Å². The molecule has 0 radical (unpaired) electrons. The summed E-state index contributed by atoms with van der Waals surface area (Å²) in [6.07, 6.45) is 5.00. The molecule has 4 heteroatoms. The van der Waals surface area contributed by atoms with Crippen molar-refractivity contribution >= 4 is 11.3 Å². The van der Waals surface area contributed by atoms with Gasteiger partial charge in [0.05, 0.1) is 6.54 Å². The summed E-state index contributed by atoms with van der Waals surface area (Å²) in [5, 5.41) is 7.62. The van der Waals surface area contributed by atoms with E-state index in [4.69, 9.17) is 0 Å². The minimum absolute atomic E-state index is 0.880. The van der Waals surface area contributed by atoms with Crippen molar-refractivity contribution in [2.45, 2.75) is 26.4 Å². The van der Waals surface area contributed by atoms with Gasteiger partial charge in [-0.3, -0.25) is 4.68 Å². The highest BCUT2D eigenvalue weighted by atomic mass is 32.1. The molecule has 2 aromatic rings. The number of rotatable bonds is 6. The molecule has 1 N–H and O–H groups in total. The molecule has 2 rings (SSSR count). The summed E-state index contributed by atoms with van der Waals surface area (Å²) < 4.78 is 1.95. The second-order valence-corrected chi connectivity index (χ2v) is 5.00. The largest absolute Gasteiger partial charge is 0.312 e. The number of nitrogens with one attached hydrogen (secondary N) is 1. The standard InChI is InChI=1S/C12H17N3S/c1-2-6-13-9-11-4-5-12(16-11)10-15-8-3-7-14-15/h3-5,7-8,13H,2,6,9-10H2,1H3. The van der Waals surface area contributed by atoms with E-state index in [0.29, 0.717) is 0 Å². The van der Waals surface area contributed by atoms with Gasteiger partial charge < -0.3 is 5.32 Å². The predicted molar refractivity (Wildman–Crippen MR) is 67.6 cm³/mol. The molecule has 0 aliphatic rings. The molecule has 0 bridgehead atoms. The molecule has 16 heavy (non-hydrogen) atoms. The van der Waals surface area contributed by atoms with Crippen LogP contribution in [-0.4, -0.2) is 16.3 Å². The Balaban J connectivity index is 1.87. The molecule has 0 aliphatic heterocycles. The smallest absolute Gasteiger partial charge is 0.0752 e. The van der Waals surface area contributed by atoms with Crippen LogP contribution in [0.2, 0.25) is 0 Å². The molecule has 2 aromatic heterocycles. The summed E-state index contributed by atoms with van der Waals surface area (Å²) >= 11 is 1.86. The Bertz CT molecular complexity index is 406. The molecule has 0 saturated carbocycles. The lowest BCUT2D eigenvalue weighted by atomic mass is 10.4. The average molecular weight is 235 g/mol. The van der Waals surface area contributed by atoms with Crippen LogP contribution >= 0.6 is 11.3 Å². The molecule has 0 amide bonds. The fourth-order valence-corrected chi connectivity index (χ4v) is 2.52. The second-order valence-electron chi connectivity index (χ2n) is 3.75. The quantitative estimate of drug-likeness (QED) is 0.780. The Kier molecular flexibility index (Phi) is 4.13. The number of hydrogen-bond donors (Lipinski definition) is 1. The molecule has 3 nitrogen and oxygen atoms in total.